The third kappa shape index (κ3) is 3.01. The number of methoxy groups -OCH3 is 1. The van der Waals surface area contributed by atoms with Gasteiger partial charge in [-0.3, -0.25) is 0 Å². The number of allylic oxidation sites excluding steroid dienone is 3. The minimum atomic E-state index is 0.130. The molecule has 1 aromatic heterocycles. The van der Waals surface area contributed by atoms with Crippen LogP contribution in [0.3, 0.4) is 0 Å². The van der Waals surface area contributed by atoms with E-state index in [1.807, 2.05) is 47.2 Å². The number of fused-ring (bicyclic) bond motifs is 2. The van der Waals surface area contributed by atoms with Crippen LogP contribution in [-0.4, -0.2) is 22.6 Å². The van der Waals surface area contributed by atoms with Crippen LogP contribution in [0.15, 0.2) is 60.5 Å². The van der Waals surface area contributed by atoms with Gasteiger partial charge in [0.25, 0.3) is 0 Å². The zero-order valence-corrected chi connectivity index (χ0v) is 14.9. The normalized spacial score (nSPS) is 19.0. The summed E-state index contributed by atoms with van der Waals surface area (Å²) >= 11 is 0. The van der Waals surface area contributed by atoms with Crippen molar-refractivity contribution < 1.29 is 14.2 Å². The number of benzene rings is 1. The van der Waals surface area contributed by atoms with Crippen molar-refractivity contribution in [3.8, 4) is 11.5 Å². The molecule has 0 radical (unpaired) electrons. The van der Waals surface area contributed by atoms with E-state index in [4.69, 9.17) is 9.47 Å². The van der Waals surface area contributed by atoms with Crippen molar-refractivity contribution in [3.63, 3.8) is 0 Å². The average molecular weight is 350 g/mol. The van der Waals surface area contributed by atoms with Crippen molar-refractivity contribution in [2.45, 2.75) is 26.0 Å². The summed E-state index contributed by atoms with van der Waals surface area (Å²) < 4.78 is 14.6. The molecular formula is C21H22N2O3. The molecule has 0 saturated carbocycles. The Balaban J connectivity index is 1.66. The zero-order valence-electron chi connectivity index (χ0n) is 14.9. The first kappa shape index (κ1) is 16.5. The molecule has 2 aromatic rings. The van der Waals surface area contributed by atoms with Crippen molar-refractivity contribution in [2.24, 2.45) is 5.92 Å². The van der Waals surface area contributed by atoms with Gasteiger partial charge in [-0.05, 0) is 24.5 Å². The van der Waals surface area contributed by atoms with Crippen molar-refractivity contribution >= 4 is 6.21 Å². The van der Waals surface area contributed by atoms with Crippen molar-refractivity contribution in [1.82, 2.24) is 4.57 Å². The van der Waals surface area contributed by atoms with Gasteiger partial charge in [0.2, 0.25) is 6.21 Å². The fourth-order valence-electron chi connectivity index (χ4n) is 3.66. The van der Waals surface area contributed by atoms with Crippen LogP contribution < -0.4 is 9.47 Å². The topological polar surface area (TPSA) is 49.5 Å². The van der Waals surface area contributed by atoms with E-state index >= 15 is 0 Å². The van der Waals surface area contributed by atoms with Gasteiger partial charge in [-0.1, -0.05) is 42.5 Å². The van der Waals surface area contributed by atoms with E-state index in [0.717, 1.165) is 40.1 Å². The molecule has 0 amide bonds. The quantitative estimate of drug-likeness (QED) is 0.478. The Hall–Kier alpha value is -2.95. The third-order valence-corrected chi connectivity index (χ3v) is 4.94. The van der Waals surface area contributed by atoms with Crippen molar-refractivity contribution in [3.05, 3.63) is 76.9 Å². The second kappa shape index (κ2) is 6.75. The maximum atomic E-state index is 12.6. The summed E-state index contributed by atoms with van der Waals surface area (Å²) in [6.07, 6.45) is 7.12. The van der Waals surface area contributed by atoms with E-state index in [-0.39, 0.29) is 5.92 Å². The first-order chi connectivity index (χ1) is 12.7. The lowest BCUT2D eigenvalue weighted by molar-refractivity contribution is -0.405. The Bertz CT molecular complexity index is 893. The van der Waals surface area contributed by atoms with E-state index in [9.17, 15) is 5.21 Å². The molecule has 1 aromatic carbocycles. The van der Waals surface area contributed by atoms with Gasteiger partial charge in [-0.15, -0.1) is 0 Å². The Morgan fingerprint density at radius 3 is 2.88 bits per heavy atom. The van der Waals surface area contributed by atoms with E-state index in [1.54, 1.807) is 13.3 Å². The van der Waals surface area contributed by atoms with Crippen LogP contribution in [0.5, 0.6) is 11.5 Å². The minimum Gasteiger partial charge on any atom is -0.618 e. The van der Waals surface area contributed by atoms with E-state index in [0.29, 0.717) is 24.7 Å². The number of nitrogens with zero attached hydrogens (tertiary/aromatic N) is 2. The van der Waals surface area contributed by atoms with Crippen LogP contribution in [-0.2, 0) is 13.2 Å². The van der Waals surface area contributed by atoms with E-state index in [2.05, 4.69) is 6.58 Å². The van der Waals surface area contributed by atoms with Gasteiger partial charge >= 0.3 is 0 Å². The summed E-state index contributed by atoms with van der Waals surface area (Å²) in [5.41, 5.74) is 3.80. The van der Waals surface area contributed by atoms with Gasteiger partial charge < -0.3 is 19.2 Å². The molecule has 0 N–H and O–H groups in total. The van der Waals surface area contributed by atoms with Gasteiger partial charge in [-0.25, -0.2) is 0 Å². The Morgan fingerprint density at radius 1 is 1.31 bits per heavy atom. The first-order valence-corrected chi connectivity index (χ1v) is 8.77. The highest BCUT2D eigenvalue weighted by atomic mass is 16.5. The molecule has 5 heteroatoms. The molecule has 0 bridgehead atoms. The summed E-state index contributed by atoms with van der Waals surface area (Å²) in [6.45, 7) is 5.25. The van der Waals surface area contributed by atoms with Crippen molar-refractivity contribution in [2.75, 3.05) is 7.11 Å². The molecule has 5 nitrogen and oxygen atoms in total. The molecule has 134 valence electrons. The monoisotopic (exact) mass is 350 g/mol. The number of hydroxylamine groups is 1. The van der Waals surface area contributed by atoms with Gasteiger partial charge in [0.1, 0.15) is 6.61 Å². The molecule has 0 fully saturated rings. The van der Waals surface area contributed by atoms with Gasteiger partial charge in [0.05, 0.1) is 19.2 Å². The number of aromatic nitrogens is 1. The highest BCUT2D eigenvalue weighted by molar-refractivity contribution is 5.81. The zero-order chi connectivity index (χ0) is 18.1. The maximum absolute atomic E-state index is 12.6. The molecule has 2 aliphatic rings. The lowest BCUT2D eigenvalue weighted by Crippen LogP contribution is -2.19. The van der Waals surface area contributed by atoms with Crippen LogP contribution in [0.2, 0.25) is 0 Å². The minimum absolute atomic E-state index is 0.130. The molecule has 0 spiro atoms. The van der Waals surface area contributed by atoms with E-state index in [1.165, 1.54) is 0 Å². The molecule has 1 aliphatic carbocycles. The van der Waals surface area contributed by atoms with Crippen LogP contribution in [0, 0.1) is 11.1 Å². The van der Waals surface area contributed by atoms with Crippen LogP contribution in [0.4, 0.5) is 0 Å². The third-order valence-electron chi connectivity index (χ3n) is 4.94. The molecule has 0 saturated heterocycles. The molecule has 1 atom stereocenters. The van der Waals surface area contributed by atoms with Gasteiger partial charge in [0.15, 0.2) is 22.9 Å². The lowest BCUT2D eigenvalue weighted by atomic mass is 9.89. The smallest absolute Gasteiger partial charge is 0.208 e. The van der Waals surface area contributed by atoms with E-state index < -0.39 is 0 Å². The second-order valence-corrected chi connectivity index (χ2v) is 6.78. The number of ether oxygens (including phenoxy) is 2. The van der Waals surface area contributed by atoms with Crippen LogP contribution in [0.1, 0.15) is 24.1 Å². The molecular weight excluding hydrogens is 328 g/mol. The predicted octanol–water partition coefficient (Wildman–Crippen LogP) is 3.87. The molecule has 0 unspecified atom stereocenters. The summed E-state index contributed by atoms with van der Waals surface area (Å²) in [7, 11) is 1.60. The Kier molecular flexibility index (Phi) is 4.29. The fraction of sp³-hybridized carbons (Fsp3) is 0.286. The largest absolute Gasteiger partial charge is 0.618 e. The second-order valence-electron chi connectivity index (χ2n) is 6.78. The summed E-state index contributed by atoms with van der Waals surface area (Å²) in [5, 5.41) is 12.6. The Labute approximate surface area is 153 Å². The standard InChI is InChI=1S/C21H22N2O3/c1-15-8-9-18-17(10-15)11-22-13-20(21(25-2)19(22)12-23(18)24)26-14-16-6-4-3-5-7-16/h3-7,9,12-13,17H,1,8,10-11,14H2,2H3/t17-/m0/s1. The highest BCUT2D eigenvalue weighted by Gasteiger charge is 2.32. The van der Waals surface area contributed by atoms with Crippen LogP contribution >= 0.6 is 0 Å². The summed E-state index contributed by atoms with van der Waals surface area (Å²) in [6, 6.07) is 9.98. The number of hydrogen-bond acceptors (Lipinski definition) is 3. The van der Waals surface area contributed by atoms with Crippen molar-refractivity contribution in [1.29, 1.82) is 0 Å². The van der Waals surface area contributed by atoms with Gasteiger partial charge in [0, 0.05) is 6.54 Å². The summed E-state index contributed by atoms with van der Waals surface area (Å²) in [4.78, 5) is 0. The van der Waals surface area contributed by atoms with Gasteiger partial charge in [-0.2, -0.15) is 4.74 Å². The molecule has 26 heavy (non-hydrogen) atoms. The SMILES string of the molecule is C=C1CC=C2[C@@H](C1)Cn1cc(OCc3ccccc3)c(OC)c1C=[N+]2[O-]. The fourth-order valence-corrected chi connectivity index (χ4v) is 3.66. The summed E-state index contributed by atoms with van der Waals surface area (Å²) in [5.74, 6) is 1.38. The maximum Gasteiger partial charge on any atom is 0.208 e. The first-order valence-electron chi connectivity index (χ1n) is 8.77. The lowest BCUT2D eigenvalue weighted by Gasteiger charge is -2.21. The predicted molar refractivity (Wildman–Crippen MR) is 100 cm³/mol. The molecule has 1 aliphatic heterocycles. The average Bonchev–Trinajstić information content (AvgIpc) is 2.90. The number of rotatable bonds is 4. The molecule has 4 rings (SSSR count). The van der Waals surface area contributed by atoms with Crippen LogP contribution in [0.25, 0.3) is 0 Å². The number of hydrogen-bond donors (Lipinski definition) is 0. The molecule has 2 heterocycles. The highest BCUT2D eigenvalue weighted by Crippen LogP contribution is 2.38. The Morgan fingerprint density at radius 2 is 2.12 bits per heavy atom.